The SMILES string of the molecule is Nc1ccc2nc(NCCCOCC3CC3)sc2c1. The van der Waals surface area contributed by atoms with Gasteiger partial charge < -0.3 is 15.8 Å². The van der Waals surface area contributed by atoms with Crippen LogP contribution in [0.25, 0.3) is 10.2 Å². The molecule has 3 rings (SSSR count). The van der Waals surface area contributed by atoms with Crippen molar-refractivity contribution in [2.75, 3.05) is 30.8 Å². The van der Waals surface area contributed by atoms with E-state index < -0.39 is 0 Å². The van der Waals surface area contributed by atoms with Crippen molar-refractivity contribution >= 4 is 32.4 Å². The van der Waals surface area contributed by atoms with Crippen LogP contribution in [0.1, 0.15) is 19.3 Å². The molecular formula is C14H19N3OS. The summed E-state index contributed by atoms with van der Waals surface area (Å²) in [7, 11) is 0. The van der Waals surface area contributed by atoms with Crippen LogP contribution < -0.4 is 11.1 Å². The molecule has 0 spiro atoms. The van der Waals surface area contributed by atoms with Crippen LogP contribution in [0.5, 0.6) is 0 Å². The Morgan fingerprint density at radius 3 is 3.16 bits per heavy atom. The molecule has 0 bridgehead atoms. The number of ether oxygens (including phenoxy) is 1. The van der Waals surface area contributed by atoms with Gasteiger partial charge in [-0.25, -0.2) is 4.98 Å². The summed E-state index contributed by atoms with van der Waals surface area (Å²) in [5.41, 5.74) is 7.55. The first-order valence-electron chi connectivity index (χ1n) is 6.79. The molecule has 1 aromatic carbocycles. The van der Waals surface area contributed by atoms with Gasteiger partial charge in [-0.05, 0) is 43.4 Å². The number of hydrogen-bond donors (Lipinski definition) is 2. The Morgan fingerprint density at radius 2 is 2.32 bits per heavy atom. The van der Waals surface area contributed by atoms with Crippen molar-refractivity contribution in [3.05, 3.63) is 18.2 Å². The van der Waals surface area contributed by atoms with E-state index in [2.05, 4.69) is 10.3 Å². The Bertz CT molecular complexity index is 551. The lowest BCUT2D eigenvalue weighted by Gasteiger charge is -2.03. The molecule has 1 fully saturated rings. The first kappa shape index (κ1) is 12.7. The maximum absolute atomic E-state index is 5.76. The van der Waals surface area contributed by atoms with Gasteiger partial charge in [-0.1, -0.05) is 11.3 Å². The van der Waals surface area contributed by atoms with Gasteiger partial charge in [0.05, 0.1) is 10.2 Å². The quantitative estimate of drug-likeness (QED) is 0.603. The van der Waals surface area contributed by atoms with Crippen LogP contribution in [-0.2, 0) is 4.74 Å². The third-order valence-electron chi connectivity index (χ3n) is 3.20. The zero-order valence-electron chi connectivity index (χ0n) is 10.9. The van der Waals surface area contributed by atoms with E-state index in [1.54, 1.807) is 11.3 Å². The summed E-state index contributed by atoms with van der Waals surface area (Å²) in [6.07, 6.45) is 3.73. The van der Waals surface area contributed by atoms with Crippen LogP contribution in [0.4, 0.5) is 10.8 Å². The molecule has 0 radical (unpaired) electrons. The van der Waals surface area contributed by atoms with E-state index in [0.29, 0.717) is 0 Å². The van der Waals surface area contributed by atoms with Gasteiger partial charge in [-0.2, -0.15) is 0 Å². The average molecular weight is 277 g/mol. The Hall–Kier alpha value is -1.33. The summed E-state index contributed by atoms with van der Waals surface area (Å²) < 4.78 is 6.73. The van der Waals surface area contributed by atoms with E-state index in [1.807, 2.05) is 18.2 Å². The molecule has 1 aromatic heterocycles. The van der Waals surface area contributed by atoms with E-state index in [1.165, 1.54) is 12.8 Å². The number of nitrogens with zero attached hydrogens (tertiary/aromatic N) is 1. The fourth-order valence-corrected chi connectivity index (χ4v) is 2.86. The molecule has 1 aliphatic carbocycles. The summed E-state index contributed by atoms with van der Waals surface area (Å²) in [4.78, 5) is 4.52. The molecular weight excluding hydrogens is 258 g/mol. The third kappa shape index (κ3) is 3.58. The van der Waals surface area contributed by atoms with Gasteiger partial charge >= 0.3 is 0 Å². The van der Waals surface area contributed by atoms with E-state index in [9.17, 15) is 0 Å². The highest BCUT2D eigenvalue weighted by Gasteiger charge is 2.20. The largest absolute Gasteiger partial charge is 0.399 e. The minimum absolute atomic E-state index is 0.788. The maximum Gasteiger partial charge on any atom is 0.183 e. The summed E-state index contributed by atoms with van der Waals surface area (Å²) in [5.74, 6) is 0.850. The fraction of sp³-hybridized carbons (Fsp3) is 0.500. The van der Waals surface area contributed by atoms with Crippen molar-refractivity contribution in [3.63, 3.8) is 0 Å². The molecule has 0 atom stereocenters. The number of nitrogen functional groups attached to an aromatic ring is 1. The predicted octanol–water partition coefficient (Wildman–Crippen LogP) is 3.11. The van der Waals surface area contributed by atoms with Gasteiger partial charge in [-0.15, -0.1) is 0 Å². The van der Waals surface area contributed by atoms with Crippen molar-refractivity contribution in [2.45, 2.75) is 19.3 Å². The number of benzene rings is 1. The number of nitrogens with one attached hydrogen (secondary N) is 1. The second-order valence-electron chi connectivity index (χ2n) is 5.04. The highest BCUT2D eigenvalue weighted by molar-refractivity contribution is 7.22. The molecule has 3 N–H and O–H groups in total. The first-order chi connectivity index (χ1) is 9.31. The molecule has 0 unspecified atom stereocenters. The summed E-state index contributed by atoms with van der Waals surface area (Å²) in [6, 6.07) is 5.82. The number of hydrogen-bond acceptors (Lipinski definition) is 5. The van der Waals surface area contributed by atoms with Gasteiger partial charge in [0, 0.05) is 25.4 Å². The van der Waals surface area contributed by atoms with E-state index >= 15 is 0 Å². The normalized spacial score (nSPS) is 14.9. The minimum Gasteiger partial charge on any atom is -0.399 e. The van der Waals surface area contributed by atoms with Crippen LogP contribution in [-0.4, -0.2) is 24.7 Å². The average Bonchev–Trinajstić information content (AvgIpc) is 3.13. The Balaban J connectivity index is 1.42. The molecule has 0 amide bonds. The Kier molecular flexibility index (Phi) is 3.84. The lowest BCUT2D eigenvalue weighted by molar-refractivity contribution is 0.124. The van der Waals surface area contributed by atoms with E-state index in [0.717, 1.165) is 53.1 Å². The summed E-state index contributed by atoms with van der Waals surface area (Å²) in [6.45, 7) is 2.68. The summed E-state index contributed by atoms with van der Waals surface area (Å²) >= 11 is 1.65. The van der Waals surface area contributed by atoms with Crippen molar-refractivity contribution in [3.8, 4) is 0 Å². The highest BCUT2D eigenvalue weighted by atomic mass is 32.1. The van der Waals surface area contributed by atoms with Gasteiger partial charge in [0.2, 0.25) is 0 Å². The van der Waals surface area contributed by atoms with Gasteiger partial charge in [0.15, 0.2) is 5.13 Å². The molecule has 5 heteroatoms. The number of rotatable bonds is 7. The second-order valence-corrected chi connectivity index (χ2v) is 6.08. The second kappa shape index (κ2) is 5.75. The van der Waals surface area contributed by atoms with Gasteiger partial charge in [0.25, 0.3) is 0 Å². The van der Waals surface area contributed by atoms with E-state index in [4.69, 9.17) is 10.5 Å². The van der Waals surface area contributed by atoms with Crippen LogP contribution >= 0.6 is 11.3 Å². The van der Waals surface area contributed by atoms with Crippen LogP contribution in [0.2, 0.25) is 0 Å². The van der Waals surface area contributed by atoms with Crippen molar-refractivity contribution in [1.29, 1.82) is 0 Å². The molecule has 0 saturated heterocycles. The first-order valence-corrected chi connectivity index (χ1v) is 7.60. The lowest BCUT2D eigenvalue weighted by Crippen LogP contribution is -2.06. The number of fused-ring (bicyclic) bond motifs is 1. The predicted molar refractivity (Wildman–Crippen MR) is 80.7 cm³/mol. The molecule has 1 saturated carbocycles. The lowest BCUT2D eigenvalue weighted by atomic mass is 10.3. The minimum atomic E-state index is 0.788. The van der Waals surface area contributed by atoms with Crippen molar-refractivity contribution in [1.82, 2.24) is 4.98 Å². The smallest absolute Gasteiger partial charge is 0.183 e. The molecule has 0 aliphatic heterocycles. The monoisotopic (exact) mass is 277 g/mol. The fourth-order valence-electron chi connectivity index (χ4n) is 1.92. The van der Waals surface area contributed by atoms with E-state index in [-0.39, 0.29) is 0 Å². The van der Waals surface area contributed by atoms with Crippen LogP contribution in [0, 0.1) is 5.92 Å². The highest BCUT2D eigenvalue weighted by Crippen LogP contribution is 2.29. The van der Waals surface area contributed by atoms with Crippen LogP contribution in [0.15, 0.2) is 18.2 Å². The summed E-state index contributed by atoms with van der Waals surface area (Å²) in [5, 5.41) is 4.30. The number of nitrogens with two attached hydrogens (primary N) is 1. The Morgan fingerprint density at radius 1 is 1.42 bits per heavy atom. The number of anilines is 2. The molecule has 2 aromatic rings. The van der Waals surface area contributed by atoms with Gasteiger partial charge in [-0.3, -0.25) is 0 Å². The van der Waals surface area contributed by atoms with Crippen molar-refractivity contribution in [2.24, 2.45) is 5.92 Å². The molecule has 102 valence electrons. The topological polar surface area (TPSA) is 60.2 Å². The molecule has 1 heterocycles. The van der Waals surface area contributed by atoms with Crippen molar-refractivity contribution < 1.29 is 4.74 Å². The Labute approximate surface area is 117 Å². The van der Waals surface area contributed by atoms with Crippen LogP contribution in [0.3, 0.4) is 0 Å². The number of thiazole rings is 1. The standard InChI is InChI=1S/C14H19N3OS/c15-11-4-5-12-13(8-11)19-14(17-12)16-6-1-7-18-9-10-2-3-10/h4-5,8,10H,1-3,6-7,9,15H2,(H,16,17). The molecule has 4 nitrogen and oxygen atoms in total. The zero-order valence-corrected chi connectivity index (χ0v) is 11.7. The maximum atomic E-state index is 5.76. The molecule has 1 aliphatic rings. The molecule has 19 heavy (non-hydrogen) atoms. The van der Waals surface area contributed by atoms with Gasteiger partial charge in [0.1, 0.15) is 0 Å². The number of aromatic nitrogens is 1. The third-order valence-corrected chi connectivity index (χ3v) is 4.18. The zero-order chi connectivity index (χ0) is 13.1.